The average molecular weight is 173 g/mol. The van der Waals surface area contributed by atoms with E-state index >= 15 is 0 Å². The van der Waals surface area contributed by atoms with E-state index in [1.807, 2.05) is 0 Å². The second kappa shape index (κ2) is 5.11. The van der Waals surface area contributed by atoms with Crippen molar-refractivity contribution in [1.82, 2.24) is 5.32 Å². The van der Waals surface area contributed by atoms with Gasteiger partial charge in [0.15, 0.2) is 0 Å². The number of hydrogen-bond donors (Lipinski definition) is 1. The van der Waals surface area contributed by atoms with Crippen molar-refractivity contribution in [1.29, 1.82) is 0 Å². The molecule has 0 bridgehead atoms. The lowest BCUT2D eigenvalue weighted by Crippen LogP contribution is -2.19. The van der Waals surface area contributed by atoms with Crippen molar-refractivity contribution in [2.24, 2.45) is 5.92 Å². The van der Waals surface area contributed by atoms with E-state index in [1.54, 1.807) is 0 Å². The van der Waals surface area contributed by atoms with Crippen LogP contribution in [0, 0.1) is 5.92 Å². The summed E-state index contributed by atoms with van der Waals surface area (Å²) in [6, 6.07) is 0. The Hall–Kier alpha value is -0.610. The zero-order valence-corrected chi connectivity index (χ0v) is 7.34. The van der Waals surface area contributed by atoms with Crippen LogP contribution in [0.4, 0.5) is 0 Å². The van der Waals surface area contributed by atoms with Crippen LogP contribution in [0.25, 0.3) is 0 Å². The molecule has 1 unspecified atom stereocenters. The van der Waals surface area contributed by atoms with Gasteiger partial charge in [-0.25, -0.2) is 4.79 Å². The fraction of sp³-hybridized carbons (Fsp3) is 0.875. The number of carbonyl (C=O) groups is 1. The van der Waals surface area contributed by atoms with Crippen molar-refractivity contribution in [2.75, 3.05) is 33.4 Å². The molecule has 0 aromatic heterocycles. The fourth-order valence-corrected chi connectivity index (χ4v) is 1.23. The highest BCUT2D eigenvalue weighted by molar-refractivity contribution is 5.70. The van der Waals surface area contributed by atoms with Gasteiger partial charge in [-0.05, 0) is 13.0 Å². The van der Waals surface area contributed by atoms with Crippen LogP contribution >= 0.6 is 0 Å². The van der Waals surface area contributed by atoms with E-state index in [4.69, 9.17) is 4.74 Å². The highest BCUT2D eigenvalue weighted by Gasteiger charge is 2.15. The maximum absolute atomic E-state index is 10.8. The van der Waals surface area contributed by atoms with Gasteiger partial charge >= 0.3 is 5.97 Å². The fourth-order valence-electron chi connectivity index (χ4n) is 1.23. The van der Waals surface area contributed by atoms with Gasteiger partial charge < -0.3 is 14.8 Å². The van der Waals surface area contributed by atoms with E-state index in [2.05, 4.69) is 10.1 Å². The lowest BCUT2D eigenvalue weighted by molar-refractivity contribution is -0.149. The van der Waals surface area contributed by atoms with E-state index < -0.39 is 0 Å². The lowest BCUT2D eigenvalue weighted by Gasteiger charge is -2.08. The first-order chi connectivity index (χ1) is 5.83. The van der Waals surface area contributed by atoms with Gasteiger partial charge in [0.05, 0.1) is 6.61 Å². The van der Waals surface area contributed by atoms with E-state index in [0.29, 0.717) is 12.5 Å². The van der Waals surface area contributed by atoms with Crippen LogP contribution in [0.2, 0.25) is 0 Å². The minimum absolute atomic E-state index is 0.0557. The third-order valence-electron chi connectivity index (χ3n) is 1.90. The largest absolute Gasteiger partial charge is 0.464 e. The van der Waals surface area contributed by atoms with Crippen LogP contribution in [-0.2, 0) is 14.3 Å². The minimum Gasteiger partial charge on any atom is -0.464 e. The minimum atomic E-state index is -0.274. The maximum atomic E-state index is 10.8. The molecule has 1 aliphatic rings. The first kappa shape index (κ1) is 9.48. The average Bonchev–Trinajstić information content (AvgIpc) is 2.53. The van der Waals surface area contributed by atoms with Gasteiger partial charge in [-0.2, -0.15) is 0 Å². The quantitative estimate of drug-likeness (QED) is 0.597. The zero-order chi connectivity index (χ0) is 8.81. The van der Waals surface area contributed by atoms with Gasteiger partial charge in [0.2, 0.25) is 0 Å². The van der Waals surface area contributed by atoms with Crippen LogP contribution in [0.3, 0.4) is 0 Å². The van der Waals surface area contributed by atoms with E-state index in [-0.39, 0.29) is 12.6 Å². The zero-order valence-electron chi connectivity index (χ0n) is 7.34. The summed E-state index contributed by atoms with van der Waals surface area (Å²) in [5.41, 5.74) is 0. The summed E-state index contributed by atoms with van der Waals surface area (Å²) in [6.07, 6.45) is 1.10. The number of hydrogen-bond acceptors (Lipinski definition) is 4. The molecule has 4 heteroatoms. The van der Waals surface area contributed by atoms with Gasteiger partial charge in [0.1, 0.15) is 6.61 Å². The van der Waals surface area contributed by atoms with Crippen molar-refractivity contribution in [3.05, 3.63) is 0 Å². The Morgan fingerprint density at radius 2 is 2.50 bits per heavy atom. The molecule has 1 fully saturated rings. The number of esters is 1. The number of rotatable bonds is 4. The van der Waals surface area contributed by atoms with Crippen LogP contribution in [0.5, 0.6) is 0 Å². The monoisotopic (exact) mass is 173 g/mol. The molecule has 4 nitrogen and oxygen atoms in total. The second-order valence-corrected chi connectivity index (χ2v) is 2.97. The van der Waals surface area contributed by atoms with Gasteiger partial charge in [-0.15, -0.1) is 0 Å². The summed E-state index contributed by atoms with van der Waals surface area (Å²) < 4.78 is 9.59. The SMILES string of the molecule is COCC(=O)OCC1CCNC1. The highest BCUT2D eigenvalue weighted by Crippen LogP contribution is 2.07. The summed E-state index contributed by atoms with van der Waals surface area (Å²) >= 11 is 0. The predicted octanol–water partition coefficient (Wildman–Crippen LogP) is -0.215. The Morgan fingerprint density at radius 1 is 1.67 bits per heavy atom. The third-order valence-corrected chi connectivity index (χ3v) is 1.90. The van der Waals surface area contributed by atoms with Crippen LogP contribution in [-0.4, -0.2) is 39.4 Å². The van der Waals surface area contributed by atoms with Gasteiger partial charge in [0, 0.05) is 19.6 Å². The molecular formula is C8H15NO3. The normalized spacial score (nSPS) is 22.6. The second-order valence-electron chi connectivity index (χ2n) is 2.97. The topological polar surface area (TPSA) is 47.6 Å². The van der Waals surface area contributed by atoms with Gasteiger partial charge in [-0.3, -0.25) is 0 Å². The van der Waals surface area contributed by atoms with Gasteiger partial charge in [0.25, 0.3) is 0 Å². The number of methoxy groups -OCH3 is 1. The van der Waals surface area contributed by atoms with Crippen LogP contribution in [0.15, 0.2) is 0 Å². The Balaban J connectivity index is 2.03. The number of nitrogens with one attached hydrogen (secondary N) is 1. The summed E-state index contributed by atoms with van der Waals surface area (Å²) in [5, 5.41) is 3.21. The molecule has 12 heavy (non-hydrogen) atoms. The molecule has 0 aliphatic carbocycles. The number of carbonyl (C=O) groups excluding carboxylic acids is 1. The standard InChI is InChI=1S/C8H15NO3/c1-11-6-8(10)12-5-7-2-3-9-4-7/h7,9H,2-6H2,1H3. The highest BCUT2D eigenvalue weighted by atomic mass is 16.6. The summed E-state index contributed by atoms with van der Waals surface area (Å²) in [4.78, 5) is 10.8. The molecule has 0 amide bonds. The molecule has 1 N–H and O–H groups in total. The van der Waals surface area contributed by atoms with E-state index in [0.717, 1.165) is 19.5 Å². The smallest absolute Gasteiger partial charge is 0.332 e. The number of ether oxygens (including phenoxy) is 2. The van der Waals surface area contributed by atoms with Crippen molar-refractivity contribution in [3.8, 4) is 0 Å². The van der Waals surface area contributed by atoms with Crippen molar-refractivity contribution in [2.45, 2.75) is 6.42 Å². The first-order valence-corrected chi connectivity index (χ1v) is 4.18. The Morgan fingerprint density at radius 3 is 3.08 bits per heavy atom. The predicted molar refractivity (Wildman–Crippen MR) is 43.8 cm³/mol. The molecule has 1 aliphatic heterocycles. The molecule has 0 saturated carbocycles. The molecule has 1 atom stereocenters. The molecule has 1 saturated heterocycles. The molecule has 1 rings (SSSR count). The van der Waals surface area contributed by atoms with E-state index in [1.165, 1.54) is 7.11 Å². The molecule has 0 aromatic carbocycles. The van der Waals surface area contributed by atoms with Gasteiger partial charge in [-0.1, -0.05) is 0 Å². The summed E-state index contributed by atoms with van der Waals surface area (Å²) in [6.45, 7) is 2.57. The molecule has 0 radical (unpaired) electrons. The molecule has 1 heterocycles. The summed E-state index contributed by atoms with van der Waals surface area (Å²) in [7, 11) is 1.48. The Kier molecular flexibility index (Phi) is 4.04. The molecule has 70 valence electrons. The molecule has 0 spiro atoms. The lowest BCUT2D eigenvalue weighted by atomic mass is 10.1. The molecule has 0 aromatic rings. The summed E-state index contributed by atoms with van der Waals surface area (Å²) in [5.74, 6) is 0.218. The van der Waals surface area contributed by atoms with Crippen molar-refractivity contribution < 1.29 is 14.3 Å². The van der Waals surface area contributed by atoms with Crippen LogP contribution < -0.4 is 5.32 Å². The maximum Gasteiger partial charge on any atom is 0.332 e. The molecular weight excluding hydrogens is 158 g/mol. The van der Waals surface area contributed by atoms with Crippen LogP contribution in [0.1, 0.15) is 6.42 Å². The first-order valence-electron chi connectivity index (χ1n) is 4.18. The third kappa shape index (κ3) is 3.19. The van der Waals surface area contributed by atoms with Crippen molar-refractivity contribution >= 4 is 5.97 Å². The Labute approximate surface area is 72.2 Å². The van der Waals surface area contributed by atoms with E-state index in [9.17, 15) is 4.79 Å². The Bertz CT molecular complexity index is 143. The van der Waals surface area contributed by atoms with Crippen molar-refractivity contribution in [3.63, 3.8) is 0 Å².